The second kappa shape index (κ2) is 11.2. The van der Waals surface area contributed by atoms with E-state index in [0.29, 0.717) is 6.61 Å². The van der Waals surface area contributed by atoms with Gasteiger partial charge in [0, 0.05) is 38.4 Å². The fraction of sp³-hybridized carbons (Fsp3) is 0.520. The highest BCUT2D eigenvalue weighted by atomic mass is 16.5. The summed E-state index contributed by atoms with van der Waals surface area (Å²) < 4.78 is 6.45. The fourth-order valence-corrected chi connectivity index (χ4v) is 4.21. The van der Waals surface area contributed by atoms with Crippen molar-refractivity contribution in [3.05, 3.63) is 53.1 Å². The van der Waals surface area contributed by atoms with Crippen molar-refractivity contribution < 1.29 is 4.74 Å². The number of piperazine rings is 1. The third-order valence-corrected chi connectivity index (χ3v) is 5.75. The Bertz CT molecular complexity index is 981. The average molecular weight is 439 g/mol. The molecule has 1 N–H and O–H groups in total. The minimum atomic E-state index is 0.283. The first-order valence-electron chi connectivity index (χ1n) is 11.6. The van der Waals surface area contributed by atoms with E-state index in [1.54, 1.807) is 6.33 Å². The van der Waals surface area contributed by atoms with Crippen molar-refractivity contribution in [1.82, 2.24) is 24.7 Å². The van der Waals surface area contributed by atoms with Crippen LogP contribution in [0.3, 0.4) is 0 Å². The Kier molecular flexibility index (Phi) is 8.33. The molecule has 0 saturated carbocycles. The summed E-state index contributed by atoms with van der Waals surface area (Å²) in [6.45, 7) is 15.6. The number of hydrogen-bond acceptors (Lipinski definition) is 7. The summed E-state index contributed by atoms with van der Waals surface area (Å²) in [5.74, 6) is 1.70. The van der Waals surface area contributed by atoms with Crippen molar-refractivity contribution in [2.45, 2.75) is 33.2 Å². The number of rotatable bonds is 7. The Balaban J connectivity index is 1.92. The Labute approximate surface area is 192 Å². The number of aromatic nitrogens is 2. The van der Waals surface area contributed by atoms with Gasteiger partial charge in [-0.25, -0.2) is 9.97 Å². The first kappa shape index (κ1) is 23.9. The van der Waals surface area contributed by atoms with Crippen LogP contribution in [0.1, 0.15) is 27.2 Å². The molecule has 0 amide bonds. The molecule has 1 aromatic heterocycles. The highest BCUT2D eigenvalue weighted by Crippen LogP contribution is 2.30. The van der Waals surface area contributed by atoms with Crippen molar-refractivity contribution in [3.63, 3.8) is 0 Å². The highest BCUT2D eigenvalue weighted by Gasteiger charge is 2.35. The fourth-order valence-electron chi connectivity index (χ4n) is 4.21. The molecule has 7 nitrogen and oxygen atoms in total. The second-order valence-electron chi connectivity index (χ2n) is 8.39. The molecule has 3 rings (SSSR count). The lowest BCUT2D eigenvalue weighted by atomic mass is 10.1. The number of anilines is 1. The van der Waals surface area contributed by atoms with Gasteiger partial charge in [-0.3, -0.25) is 0 Å². The molecule has 0 aromatic carbocycles. The van der Waals surface area contributed by atoms with E-state index in [0.717, 1.165) is 72.7 Å². The van der Waals surface area contributed by atoms with Crippen molar-refractivity contribution >= 4 is 17.7 Å². The zero-order valence-corrected chi connectivity index (χ0v) is 20.3. The first-order chi connectivity index (χ1) is 15.5. The number of nitrogens with one attached hydrogen (secondary N) is 1. The first-order valence-corrected chi connectivity index (χ1v) is 11.6. The molecule has 0 radical (unpaired) electrons. The molecule has 1 aromatic rings. The van der Waals surface area contributed by atoms with Crippen LogP contribution in [0, 0.1) is 0 Å². The zero-order chi connectivity index (χ0) is 23.1. The van der Waals surface area contributed by atoms with E-state index in [9.17, 15) is 0 Å². The van der Waals surface area contributed by atoms with E-state index in [1.807, 2.05) is 13.0 Å². The number of fused-ring (bicyclic) bond motifs is 1. The normalized spacial score (nSPS) is 22.5. The molecule has 0 spiro atoms. The van der Waals surface area contributed by atoms with Crippen LogP contribution in [0.15, 0.2) is 42.5 Å². The number of nitrogens with zero attached hydrogens (tertiary/aromatic N) is 5. The van der Waals surface area contributed by atoms with Gasteiger partial charge in [-0.2, -0.15) is 0 Å². The maximum atomic E-state index is 6.45. The number of allylic oxidation sites excluding steroid dienone is 2. The number of hydrogen-bond donors (Lipinski definition) is 1. The molecule has 0 aliphatic carbocycles. The lowest BCUT2D eigenvalue weighted by Crippen LogP contribution is -2.56. The molecular formula is C25H38N6O. The molecular weight excluding hydrogens is 400 g/mol. The van der Waals surface area contributed by atoms with Crippen LogP contribution >= 0.6 is 0 Å². The minimum absolute atomic E-state index is 0.283. The second-order valence-corrected chi connectivity index (χ2v) is 8.39. The van der Waals surface area contributed by atoms with Gasteiger partial charge < -0.3 is 24.8 Å². The summed E-state index contributed by atoms with van der Waals surface area (Å²) in [6.07, 6.45) is 11.1. The molecule has 2 aliphatic rings. The summed E-state index contributed by atoms with van der Waals surface area (Å²) in [5, 5.41) is 5.23. The monoisotopic (exact) mass is 438 g/mol. The third kappa shape index (κ3) is 5.33. The molecule has 3 heterocycles. The summed E-state index contributed by atoms with van der Waals surface area (Å²) in [7, 11) is 4.14. The predicted molar refractivity (Wildman–Crippen MR) is 132 cm³/mol. The van der Waals surface area contributed by atoms with Crippen molar-refractivity contribution in [1.29, 1.82) is 0 Å². The van der Waals surface area contributed by atoms with Gasteiger partial charge >= 0.3 is 0 Å². The topological polar surface area (TPSA) is 56.8 Å². The van der Waals surface area contributed by atoms with Gasteiger partial charge in [-0.1, -0.05) is 31.7 Å². The third-order valence-electron chi connectivity index (χ3n) is 5.75. The van der Waals surface area contributed by atoms with Crippen molar-refractivity contribution in [2.75, 3.05) is 58.7 Å². The summed E-state index contributed by atoms with van der Waals surface area (Å²) in [5.41, 5.74) is 2.21. The SMILES string of the molecule is C=C(/C=C/CN(C)C)N1CCN2C(=C\CC)/C(=c3/c(NCC)ncn/c3=C/C)OCC2C1. The van der Waals surface area contributed by atoms with Crippen LogP contribution in [0.5, 0.6) is 0 Å². The Hall–Kier alpha value is -2.80. The molecule has 2 saturated heterocycles. The predicted octanol–water partition coefficient (Wildman–Crippen LogP) is 1.76. The summed E-state index contributed by atoms with van der Waals surface area (Å²) in [4.78, 5) is 16.0. The van der Waals surface area contributed by atoms with Gasteiger partial charge in [0.15, 0.2) is 5.76 Å². The number of morpholine rings is 1. The molecule has 2 fully saturated rings. The Morgan fingerprint density at radius 1 is 1.31 bits per heavy atom. The van der Waals surface area contributed by atoms with Gasteiger partial charge in [0.05, 0.1) is 22.3 Å². The van der Waals surface area contributed by atoms with E-state index in [-0.39, 0.29) is 6.04 Å². The van der Waals surface area contributed by atoms with Gasteiger partial charge in [0.1, 0.15) is 18.8 Å². The van der Waals surface area contributed by atoms with E-state index in [1.165, 1.54) is 0 Å². The molecule has 32 heavy (non-hydrogen) atoms. The Morgan fingerprint density at radius 2 is 2.12 bits per heavy atom. The Morgan fingerprint density at radius 3 is 2.81 bits per heavy atom. The van der Waals surface area contributed by atoms with E-state index >= 15 is 0 Å². The minimum Gasteiger partial charge on any atom is -0.488 e. The molecule has 1 unspecified atom stereocenters. The van der Waals surface area contributed by atoms with Crippen LogP contribution in [0.2, 0.25) is 0 Å². The molecule has 174 valence electrons. The number of ether oxygens (including phenoxy) is 1. The van der Waals surface area contributed by atoms with Crippen LogP contribution in [0.25, 0.3) is 11.8 Å². The van der Waals surface area contributed by atoms with E-state index in [2.05, 4.69) is 82.7 Å². The highest BCUT2D eigenvalue weighted by molar-refractivity contribution is 5.63. The van der Waals surface area contributed by atoms with Crippen molar-refractivity contribution in [3.8, 4) is 0 Å². The number of likely N-dealkylation sites (N-methyl/N-ethyl adjacent to an activating group) is 1. The van der Waals surface area contributed by atoms with Crippen LogP contribution in [-0.2, 0) is 4.74 Å². The lowest BCUT2D eigenvalue weighted by Gasteiger charge is -2.47. The van der Waals surface area contributed by atoms with Crippen molar-refractivity contribution in [2.24, 2.45) is 0 Å². The summed E-state index contributed by atoms with van der Waals surface area (Å²) in [6, 6.07) is 0.283. The van der Waals surface area contributed by atoms with E-state index in [4.69, 9.17) is 4.74 Å². The maximum absolute atomic E-state index is 6.45. The quantitative estimate of drug-likeness (QED) is 0.651. The standard InChI is InChI=1S/C25H38N6O/c1-7-11-22-24(23-21(8-2)27-18-28-25(23)26-9-3)32-17-20-16-30(14-15-31(20)22)19(4)12-10-13-29(5)6/h8,10-12,18,20H,4,7,9,13-17H2,1-3,5-6H3,(H,26,27,28)/b12-10+,21-8+,22-11-,24-23-. The maximum Gasteiger partial charge on any atom is 0.155 e. The molecule has 0 bridgehead atoms. The van der Waals surface area contributed by atoms with Gasteiger partial charge in [0.2, 0.25) is 0 Å². The van der Waals surface area contributed by atoms with Crippen LogP contribution in [-0.4, -0.2) is 84.1 Å². The molecule has 2 aliphatic heterocycles. The zero-order valence-electron chi connectivity index (χ0n) is 20.3. The van der Waals surface area contributed by atoms with Gasteiger partial charge in [-0.05, 0) is 40.4 Å². The lowest BCUT2D eigenvalue weighted by molar-refractivity contribution is 0.0519. The van der Waals surface area contributed by atoms with Crippen LogP contribution < -0.4 is 15.9 Å². The largest absolute Gasteiger partial charge is 0.488 e. The molecule has 7 heteroatoms. The van der Waals surface area contributed by atoms with Gasteiger partial charge in [-0.15, -0.1) is 0 Å². The average Bonchev–Trinajstić information content (AvgIpc) is 2.79. The summed E-state index contributed by atoms with van der Waals surface area (Å²) >= 11 is 0. The van der Waals surface area contributed by atoms with Crippen LogP contribution in [0.4, 0.5) is 5.82 Å². The van der Waals surface area contributed by atoms with E-state index < -0.39 is 0 Å². The smallest absolute Gasteiger partial charge is 0.155 e. The molecule has 1 atom stereocenters. The van der Waals surface area contributed by atoms with Gasteiger partial charge in [0.25, 0.3) is 0 Å².